The lowest BCUT2D eigenvalue weighted by Gasteiger charge is -2.25. The summed E-state index contributed by atoms with van der Waals surface area (Å²) in [5, 5.41) is 18.5. The van der Waals surface area contributed by atoms with E-state index in [4.69, 9.17) is 9.47 Å². The van der Waals surface area contributed by atoms with Gasteiger partial charge in [0.2, 0.25) is 0 Å². The van der Waals surface area contributed by atoms with Crippen molar-refractivity contribution >= 4 is 11.6 Å². The summed E-state index contributed by atoms with van der Waals surface area (Å²) in [6.07, 6.45) is 0. The van der Waals surface area contributed by atoms with Crippen LogP contribution < -0.4 is 20.1 Å². The van der Waals surface area contributed by atoms with E-state index in [0.717, 1.165) is 5.56 Å². The molecule has 0 unspecified atom stereocenters. The Morgan fingerprint density at radius 2 is 1.83 bits per heavy atom. The lowest BCUT2D eigenvalue weighted by Crippen LogP contribution is -2.54. The van der Waals surface area contributed by atoms with Gasteiger partial charge in [-0.1, -0.05) is 36.4 Å². The molecule has 1 saturated heterocycles. The Morgan fingerprint density at radius 3 is 2.54 bits per heavy atom. The molecule has 0 aliphatic carbocycles. The second-order valence-electron chi connectivity index (χ2n) is 8.82. The molecule has 2 heterocycles. The maximum absolute atomic E-state index is 13.2. The predicted molar refractivity (Wildman–Crippen MR) is 127 cm³/mol. The van der Waals surface area contributed by atoms with E-state index in [1.807, 2.05) is 6.92 Å². The number of hydrogen-bond acceptors (Lipinski definition) is 6. The molecule has 3 aromatic rings. The van der Waals surface area contributed by atoms with E-state index in [0.29, 0.717) is 28.3 Å². The van der Waals surface area contributed by atoms with E-state index in [1.54, 1.807) is 54.6 Å². The first-order valence-electron chi connectivity index (χ1n) is 11.2. The van der Waals surface area contributed by atoms with Gasteiger partial charge in [-0.15, -0.1) is 0 Å². The number of benzene rings is 3. The van der Waals surface area contributed by atoms with Crippen LogP contribution in [0.3, 0.4) is 0 Å². The molecule has 0 radical (unpaired) electrons. The fourth-order valence-corrected chi connectivity index (χ4v) is 5.31. The van der Waals surface area contributed by atoms with E-state index in [1.165, 1.54) is 19.2 Å². The summed E-state index contributed by atoms with van der Waals surface area (Å²) in [6.45, 7) is 2.05. The number of para-hydroxylation sites is 1. The largest absolute Gasteiger partial charge is 0.493 e. The van der Waals surface area contributed by atoms with E-state index in [9.17, 15) is 19.3 Å². The minimum absolute atomic E-state index is 0.203. The van der Waals surface area contributed by atoms with E-state index in [-0.39, 0.29) is 23.4 Å². The highest BCUT2D eigenvalue weighted by molar-refractivity contribution is 6.07. The molecule has 1 fully saturated rings. The Kier molecular flexibility index (Phi) is 5.64. The molecular formula is C26H24FN3O5. The lowest BCUT2D eigenvalue weighted by atomic mass is 9.78. The molecular weight excluding hydrogens is 453 g/mol. The van der Waals surface area contributed by atoms with Gasteiger partial charge in [0, 0.05) is 22.2 Å². The maximum Gasteiger partial charge on any atom is 0.256 e. The monoisotopic (exact) mass is 477 g/mol. The van der Waals surface area contributed by atoms with Gasteiger partial charge >= 0.3 is 0 Å². The fourth-order valence-electron chi connectivity index (χ4n) is 5.31. The van der Waals surface area contributed by atoms with Crippen LogP contribution >= 0.6 is 0 Å². The number of nitrogens with one attached hydrogen (secondary N) is 2. The van der Waals surface area contributed by atoms with Crippen molar-refractivity contribution in [1.29, 1.82) is 0 Å². The summed E-state index contributed by atoms with van der Waals surface area (Å²) < 4.78 is 24.6. The van der Waals surface area contributed by atoms with Crippen LogP contribution in [0.25, 0.3) is 0 Å². The molecule has 5 rings (SSSR count). The Morgan fingerprint density at radius 1 is 1.09 bits per heavy atom. The highest BCUT2D eigenvalue weighted by Crippen LogP contribution is 2.50. The van der Waals surface area contributed by atoms with Crippen molar-refractivity contribution in [2.45, 2.75) is 37.1 Å². The Bertz CT molecular complexity index is 1300. The molecule has 2 N–H and O–H groups in total. The number of anilines is 1. The topological polar surface area (TPSA) is 103 Å². The maximum atomic E-state index is 13.2. The molecule has 0 bridgehead atoms. The molecule has 0 aromatic heterocycles. The Balaban J connectivity index is 1.48. The van der Waals surface area contributed by atoms with E-state index < -0.39 is 23.4 Å². The zero-order chi connectivity index (χ0) is 24.7. The quantitative estimate of drug-likeness (QED) is 0.411. The molecule has 180 valence electrons. The van der Waals surface area contributed by atoms with Crippen LogP contribution in [0.4, 0.5) is 10.1 Å². The van der Waals surface area contributed by atoms with Crippen LogP contribution in [-0.4, -0.2) is 30.0 Å². The highest BCUT2D eigenvalue weighted by Gasteiger charge is 2.67. The summed E-state index contributed by atoms with van der Waals surface area (Å²) in [7, 11) is 1.49. The molecule has 2 aliphatic heterocycles. The van der Waals surface area contributed by atoms with Crippen LogP contribution in [-0.2, 0) is 16.9 Å². The summed E-state index contributed by atoms with van der Waals surface area (Å²) in [6, 6.07) is 16.6. The third-order valence-corrected chi connectivity index (χ3v) is 6.84. The Labute approximate surface area is 201 Å². The third kappa shape index (κ3) is 3.68. The van der Waals surface area contributed by atoms with Crippen molar-refractivity contribution < 1.29 is 23.6 Å². The molecule has 3 aromatic carbocycles. The SMILES string of the molecule is COc1cc([C@@H]2[C@H](C)N[C@@]3(C(=O)Nc4ccccc43)[C@H]2[N+](=O)[O-])ccc1OCc1ccc(F)cc1. The van der Waals surface area contributed by atoms with Crippen molar-refractivity contribution in [3.63, 3.8) is 0 Å². The van der Waals surface area contributed by atoms with Crippen LogP contribution in [0, 0.1) is 15.9 Å². The summed E-state index contributed by atoms with van der Waals surface area (Å²) >= 11 is 0. The number of carbonyl (C=O) groups is 1. The minimum atomic E-state index is -1.48. The first-order valence-corrected chi connectivity index (χ1v) is 11.2. The fraction of sp³-hybridized carbons (Fsp3) is 0.269. The normalized spacial score (nSPS) is 24.8. The van der Waals surface area contributed by atoms with Gasteiger partial charge in [-0.3, -0.25) is 20.2 Å². The van der Waals surface area contributed by atoms with Gasteiger partial charge < -0.3 is 14.8 Å². The number of nitro groups is 1. The molecule has 35 heavy (non-hydrogen) atoms. The highest BCUT2D eigenvalue weighted by atomic mass is 19.1. The standard InChI is InChI=1S/C26H24FN3O5/c1-15-23(24(30(32)33)26(29-15)19-5-3-4-6-20(19)28-25(26)31)17-9-12-21(22(13-17)34-2)35-14-16-7-10-18(27)11-8-16/h3-13,15,23-24,29H,14H2,1-2H3,(H,28,31)/t15-,23-,24-,26+/m0/s1. The van der Waals surface area contributed by atoms with Gasteiger partial charge in [-0.2, -0.15) is 0 Å². The molecule has 0 saturated carbocycles. The van der Waals surface area contributed by atoms with Crippen molar-refractivity contribution in [3.05, 3.63) is 99.4 Å². The molecule has 1 amide bonds. The predicted octanol–water partition coefficient (Wildman–Crippen LogP) is 3.98. The summed E-state index contributed by atoms with van der Waals surface area (Å²) in [5.41, 5.74) is 1.12. The first kappa shape index (κ1) is 22.8. The van der Waals surface area contributed by atoms with Gasteiger partial charge in [0.1, 0.15) is 12.4 Å². The number of ether oxygens (including phenoxy) is 2. The second-order valence-corrected chi connectivity index (χ2v) is 8.82. The smallest absolute Gasteiger partial charge is 0.256 e. The van der Waals surface area contributed by atoms with Gasteiger partial charge in [-0.25, -0.2) is 4.39 Å². The first-order chi connectivity index (χ1) is 16.8. The van der Waals surface area contributed by atoms with Crippen molar-refractivity contribution in [2.75, 3.05) is 12.4 Å². The number of amides is 1. The molecule has 1 spiro atoms. The van der Waals surface area contributed by atoms with Gasteiger partial charge in [0.05, 0.1) is 13.0 Å². The number of halogens is 1. The van der Waals surface area contributed by atoms with Gasteiger partial charge in [-0.05, 0) is 48.4 Å². The van der Waals surface area contributed by atoms with Gasteiger partial charge in [0.25, 0.3) is 11.9 Å². The number of carbonyl (C=O) groups excluding carboxylic acids is 1. The average Bonchev–Trinajstić information content (AvgIpc) is 3.32. The van der Waals surface area contributed by atoms with Crippen LogP contribution in [0.2, 0.25) is 0 Å². The third-order valence-electron chi connectivity index (χ3n) is 6.84. The molecule has 2 aliphatic rings. The van der Waals surface area contributed by atoms with Crippen molar-refractivity contribution in [3.8, 4) is 11.5 Å². The van der Waals surface area contributed by atoms with Crippen molar-refractivity contribution in [2.24, 2.45) is 0 Å². The number of fused-ring (bicyclic) bond motifs is 2. The Hall–Kier alpha value is -3.98. The second kappa shape index (κ2) is 8.66. The van der Waals surface area contributed by atoms with Crippen LogP contribution in [0.5, 0.6) is 11.5 Å². The van der Waals surface area contributed by atoms with Gasteiger partial charge in [0.15, 0.2) is 17.0 Å². The summed E-state index contributed by atoms with van der Waals surface area (Å²) in [4.78, 5) is 25.3. The molecule has 8 nitrogen and oxygen atoms in total. The lowest BCUT2D eigenvalue weighted by molar-refractivity contribution is -0.532. The zero-order valence-electron chi connectivity index (χ0n) is 19.2. The zero-order valence-corrected chi connectivity index (χ0v) is 19.2. The number of hydrogen-bond donors (Lipinski definition) is 2. The van der Waals surface area contributed by atoms with Crippen molar-refractivity contribution in [1.82, 2.24) is 5.32 Å². The number of nitrogens with zero attached hydrogens (tertiary/aromatic N) is 1. The number of methoxy groups -OCH3 is 1. The minimum Gasteiger partial charge on any atom is -0.493 e. The van der Waals surface area contributed by atoms with Crippen LogP contribution in [0.1, 0.15) is 29.5 Å². The molecule has 4 atom stereocenters. The number of rotatable bonds is 6. The average molecular weight is 477 g/mol. The van der Waals surface area contributed by atoms with E-state index >= 15 is 0 Å². The van der Waals surface area contributed by atoms with E-state index in [2.05, 4.69) is 10.6 Å². The molecule has 9 heteroatoms. The van der Waals surface area contributed by atoms with Crippen LogP contribution in [0.15, 0.2) is 66.7 Å². The summed E-state index contributed by atoms with van der Waals surface area (Å²) in [5.74, 6) is -0.499.